The monoisotopic (exact) mass is 225 g/mol. The number of ether oxygens (including phenoxy) is 3. The van der Waals surface area contributed by atoms with Crippen molar-refractivity contribution in [2.45, 2.75) is 0 Å². The molecule has 5 heteroatoms. The first kappa shape index (κ1) is 11.5. The lowest BCUT2D eigenvalue weighted by atomic mass is 10.2. The Bertz CT molecular complexity index is 375. The van der Waals surface area contributed by atoms with E-state index in [9.17, 15) is 0 Å². The summed E-state index contributed by atoms with van der Waals surface area (Å²) >= 11 is 4.55. The number of methoxy groups -OCH3 is 3. The highest BCUT2D eigenvalue weighted by Crippen LogP contribution is 2.40. The molecule has 1 aromatic rings. The maximum absolute atomic E-state index is 5.14. The summed E-state index contributed by atoms with van der Waals surface area (Å²) in [6, 6.07) is 3.40. The largest absolute Gasteiger partial charge is 0.496 e. The molecule has 0 unspecified atom stereocenters. The van der Waals surface area contributed by atoms with Crippen LogP contribution in [0.3, 0.4) is 0 Å². The quantitative estimate of drug-likeness (QED) is 0.583. The van der Waals surface area contributed by atoms with Crippen molar-refractivity contribution in [1.29, 1.82) is 0 Å². The van der Waals surface area contributed by atoms with E-state index in [-0.39, 0.29) is 0 Å². The zero-order valence-corrected chi connectivity index (χ0v) is 9.55. The average Bonchev–Trinajstić information content (AvgIpc) is 2.29. The van der Waals surface area contributed by atoms with Crippen molar-refractivity contribution in [2.24, 2.45) is 4.99 Å². The van der Waals surface area contributed by atoms with E-state index < -0.39 is 0 Å². The third-order valence-corrected chi connectivity index (χ3v) is 1.94. The predicted octanol–water partition coefficient (Wildman–Crippen LogP) is 2.45. The SMILES string of the molecule is COc1cc(OC)c(N=C=S)c(OC)c1. The zero-order valence-electron chi connectivity index (χ0n) is 8.73. The Kier molecular flexibility index (Phi) is 4.09. The molecule has 0 aromatic heterocycles. The van der Waals surface area contributed by atoms with E-state index in [4.69, 9.17) is 14.2 Å². The van der Waals surface area contributed by atoms with Gasteiger partial charge in [0, 0.05) is 12.1 Å². The smallest absolute Gasteiger partial charge is 0.158 e. The van der Waals surface area contributed by atoms with E-state index in [2.05, 4.69) is 22.4 Å². The first-order valence-electron chi connectivity index (χ1n) is 4.14. The van der Waals surface area contributed by atoms with Gasteiger partial charge in [0.15, 0.2) is 17.2 Å². The third-order valence-electron chi connectivity index (χ3n) is 1.85. The molecule has 0 N–H and O–H groups in total. The summed E-state index contributed by atoms with van der Waals surface area (Å²) in [6.45, 7) is 0. The van der Waals surface area contributed by atoms with Crippen LogP contribution >= 0.6 is 12.2 Å². The number of isothiocyanates is 1. The fraction of sp³-hybridized carbons (Fsp3) is 0.300. The molecular weight excluding hydrogens is 214 g/mol. The molecule has 0 amide bonds. The maximum Gasteiger partial charge on any atom is 0.158 e. The molecule has 1 rings (SSSR count). The molecule has 0 radical (unpaired) electrons. The minimum atomic E-state index is 0.510. The second kappa shape index (κ2) is 5.34. The molecule has 15 heavy (non-hydrogen) atoms. The van der Waals surface area contributed by atoms with E-state index in [0.717, 1.165) is 0 Å². The Labute approximate surface area is 93.5 Å². The van der Waals surface area contributed by atoms with Crippen LogP contribution < -0.4 is 14.2 Å². The second-order valence-electron chi connectivity index (χ2n) is 2.58. The average molecular weight is 225 g/mol. The van der Waals surface area contributed by atoms with Crippen molar-refractivity contribution in [3.8, 4) is 17.2 Å². The van der Waals surface area contributed by atoms with E-state index in [1.807, 2.05) is 0 Å². The number of aliphatic imine (C=N–C) groups is 1. The van der Waals surface area contributed by atoms with Crippen molar-refractivity contribution >= 4 is 23.1 Å². The van der Waals surface area contributed by atoms with Crippen molar-refractivity contribution in [3.63, 3.8) is 0 Å². The van der Waals surface area contributed by atoms with Crippen LogP contribution in [0.25, 0.3) is 0 Å². The van der Waals surface area contributed by atoms with E-state index in [1.54, 1.807) is 19.2 Å². The van der Waals surface area contributed by atoms with Crippen LogP contribution in [0.15, 0.2) is 17.1 Å². The van der Waals surface area contributed by atoms with Gasteiger partial charge in [-0.15, -0.1) is 0 Å². The number of thiocarbonyl (C=S) groups is 1. The van der Waals surface area contributed by atoms with E-state index in [1.165, 1.54) is 14.2 Å². The topological polar surface area (TPSA) is 40.0 Å². The van der Waals surface area contributed by atoms with Gasteiger partial charge >= 0.3 is 0 Å². The second-order valence-corrected chi connectivity index (χ2v) is 2.77. The fourth-order valence-electron chi connectivity index (χ4n) is 1.14. The molecule has 0 aliphatic carbocycles. The molecule has 0 heterocycles. The standard InChI is InChI=1S/C10H11NO3S/c1-12-7-4-8(13-2)10(11-6-15)9(5-7)14-3/h4-5H,1-3H3. The van der Waals surface area contributed by atoms with E-state index in [0.29, 0.717) is 22.9 Å². The summed E-state index contributed by atoms with van der Waals surface area (Å²) < 4.78 is 15.4. The van der Waals surface area contributed by atoms with Crippen molar-refractivity contribution in [2.75, 3.05) is 21.3 Å². The van der Waals surface area contributed by atoms with Crippen LogP contribution in [0.2, 0.25) is 0 Å². The van der Waals surface area contributed by atoms with Crippen LogP contribution in [0.4, 0.5) is 5.69 Å². The van der Waals surface area contributed by atoms with Crippen LogP contribution in [-0.4, -0.2) is 26.5 Å². The molecule has 0 aliphatic heterocycles. The lowest BCUT2D eigenvalue weighted by molar-refractivity contribution is 0.377. The number of nitrogens with zero attached hydrogens (tertiary/aromatic N) is 1. The summed E-state index contributed by atoms with van der Waals surface area (Å²) in [5.74, 6) is 1.69. The van der Waals surface area contributed by atoms with Gasteiger partial charge in [-0.25, -0.2) is 0 Å². The Balaban J connectivity index is 3.38. The van der Waals surface area contributed by atoms with Crippen molar-refractivity contribution in [3.05, 3.63) is 12.1 Å². The van der Waals surface area contributed by atoms with Gasteiger partial charge in [0.1, 0.15) is 5.75 Å². The highest BCUT2D eigenvalue weighted by Gasteiger charge is 2.11. The summed E-state index contributed by atoms with van der Waals surface area (Å²) in [5.41, 5.74) is 0.510. The van der Waals surface area contributed by atoms with Gasteiger partial charge in [0.25, 0.3) is 0 Å². The minimum absolute atomic E-state index is 0.510. The van der Waals surface area contributed by atoms with Crippen LogP contribution in [0.1, 0.15) is 0 Å². The molecule has 0 fully saturated rings. The number of benzene rings is 1. The number of hydrogen-bond donors (Lipinski definition) is 0. The third kappa shape index (κ3) is 2.46. The van der Waals surface area contributed by atoms with Gasteiger partial charge < -0.3 is 14.2 Å². The molecule has 0 atom stereocenters. The summed E-state index contributed by atoms with van der Waals surface area (Å²) in [4.78, 5) is 3.88. The Hall–Kier alpha value is -1.58. The van der Waals surface area contributed by atoms with Gasteiger partial charge in [-0.1, -0.05) is 0 Å². The van der Waals surface area contributed by atoms with Crippen molar-refractivity contribution < 1.29 is 14.2 Å². The lowest BCUT2D eigenvalue weighted by Gasteiger charge is -2.10. The van der Waals surface area contributed by atoms with Crippen LogP contribution in [0, 0.1) is 0 Å². The van der Waals surface area contributed by atoms with Gasteiger partial charge in [-0.05, 0) is 12.2 Å². The Morgan fingerprint density at radius 1 is 1.07 bits per heavy atom. The summed E-state index contributed by atoms with van der Waals surface area (Å²) in [7, 11) is 4.64. The normalized spacial score (nSPS) is 9.00. The number of rotatable bonds is 4. The molecule has 0 aliphatic rings. The fourth-order valence-corrected chi connectivity index (χ4v) is 1.23. The summed E-state index contributed by atoms with van der Waals surface area (Å²) in [6.07, 6.45) is 0. The van der Waals surface area contributed by atoms with Gasteiger partial charge in [-0.2, -0.15) is 4.99 Å². The van der Waals surface area contributed by atoms with Gasteiger partial charge in [0.2, 0.25) is 0 Å². The molecule has 4 nitrogen and oxygen atoms in total. The van der Waals surface area contributed by atoms with Gasteiger partial charge in [0.05, 0.1) is 26.5 Å². The lowest BCUT2D eigenvalue weighted by Crippen LogP contribution is -1.91. The molecular formula is C10H11NO3S. The number of hydrogen-bond acceptors (Lipinski definition) is 5. The highest BCUT2D eigenvalue weighted by atomic mass is 32.1. The zero-order chi connectivity index (χ0) is 11.3. The highest BCUT2D eigenvalue weighted by molar-refractivity contribution is 7.78. The molecule has 0 saturated carbocycles. The molecule has 0 bridgehead atoms. The van der Waals surface area contributed by atoms with E-state index >= 15 is 0 Å². The molecule has 0 saturated heterocycles. The molecule has 1 aromatic carbocycles. The van der Waals surface area contributed by atoms with Crippen molar-refractivity contribution in [1.82, 2.24) is 0 Å². The first-order valence-corrected chi connectivity index (χ1v) is 4.55. The van der Waals surface area contributed by atoms with Crippen LogP contribution in [-0.2, 0) is 0 Å². The van der Waals surface area contributed by atoms with Gasteiger partial charge in [-0.3, -0.25) is 0 Å². The Morgan fingerprint density at radius 3 is 1.93 bits per heavy atom. The van der Waals surface area contributed by atoms with Crippen LogP contribution in [0.5, 0.6) is 17.2 Å². The summed E-state index contributed by atoms with van der Waals surface area (Å²) in [5, 5.41) is 2.28. The Morgan fingerprint density at radius 2 is 1.60 bits per heavy atom. The first-order chi connectivity index (χ1) is 7.26. The minimum Gasteiger partial charge on any atom is -0.496 e. The molecule has 0 spiro atoms. The molecule has 80 valence electrons. The predicted molar refractivity (Wildman–Crippen MR) is 60.8 cm³/mol. The maximum atomic E-state index is 5.14.